The van der Waals surface area contributed by atoms with Crippen LogP contribution in [0.4, 0.5) is 5.69 Å². The Kier molecular flexibility index (Phi) is 6.86. The topological polar surface area (TPSA) is 51.5 Å². The van der Waals surface area contributed by atoms with Crippen LogP contribution in [0.3, 0.4) is 0 Å². The molecule has 1 amide bonds. The first-order valence-corrected chi connectivity index (χ1v) is 12.3. The number of halogens is 1. The summed E-state index contributed by atoms with van der Waals surface area (Å²) in [4.78, 5) is 28.1. The molecule has 180 valence electrons. The second kappa shape index (κ2) is 9.70. The number of carbonyl (C=O) groups excluding carboxylic acids is 2. The highest BCUT2D eigenvalue weighted by molar-refractivity contribution is 9.10. The van der Waals surface area contributed by atoms with Gasteiger partial charge in [-0.3, -0.25) is 9.69 Å². The van der Waals surface area contributed by atoms with E-state index in [0.29, 0.717) is 17.2 Å². The zero-order chi connectivity index (χ0) is 25.4. The molecule has 0 unspecified atom stereocenters. The molecule has 2 heterocycles. The summed E-state index contributed by atoms with van der Waals surface area (Å²) < 4.78 is 8.19. The molecular formula is C29H29BrN2O3. The monoisotopic (exact) mass is 532 g/mol. The van der Waals surface area contributed by atoms with Gasteiger partial charge in [0.2, 0.25) is 0 Å². The van der Waals surface area contributed by atoms with E-state index in [0.717, 1.165) is 32.8 Å². The predicted molar refractivity (Wildman–Crippen MR) is 144 cm³/mol. The summed E-state index contributed by atoms with van der Waals surface area (Å²) in [5, 5.41) is 0. The molecule has 1 aliphatic heterocycles. The number of allylic oxidation sites excluding steroid dienone is 1. The van der Waals surface area contributed by atoms with E-state index in [1.807, 2.05) is 68.4 Å². The van der Waals surface area contributed by atoms with Crippen molar-refractivity contribution >= 4 is 39.6 Å². The van der Waals surface area contributed by atoms with Gasteiger partial charge in [-0.15, -0.1) is 0 Å². The third-order valence-corrected chi connectivity index (χ3v) is 6.94. The highest BCUT2D eigenvalue weighted by Gasteiger charge is 2.38. The molecule has 0 atom stereocenters. The maximum absolute atomic E-state index is 13.7. The van der Waals surface area contributed by atoms with Gasteiger partial charge in [-0.25, -0.2) is 4.79 Å². The Bertz CT molecular complexity index is 1380. The van der Waals surface area contributed by atoms with Gasteiger partial charge >= 0.3 is 5.97 Å². The van der Waals surface area contributed by atoms with E-state index in [4.69, 9.17) is 4.74 Å². The minimum Gasteiger partial charge on any atom is -0.465 e. The molecule has 1 aliphatic rings. The maximum Gasteiger partial charge on any atom is 0.340 e. The van der Waals surface area contributed by atoms with E-state index in [2.05, 4.69) is 34.3 Å². The highest BCUT2D eigenvalue weighted by atomic mass is 79.9. The number of aromatic nitrogens is 1. The van der Waals surface area contributed by atoms with Crippen molar-refractivity contribution < 1.29 is 14.3 Å². The predicted octanol–water partition coefficient (Wildman–Crippen LogP) is 6.86. The Labute approximate surface area is 214 Å². The fraction of sp³-hybridized carbons (Fsp3) is 0.241. The molecule has 3 aromatic rings. The summed E-state index contributed by atoms with van der Waals surface area (Å²) in [5.74, 6) is -0.381. The first-order valence-electron chi connectivity index (χ1n) is 11.5. The summed E-state index contributed by atoms with van der Waals surface area (Å²) in [5.41, 5.74) is 6.98. The number of carbonyl (C=O) groups is 2. The quantitative estimate of drug-likeness (QED) is 0.266. The lowest BCUT2D eigenvalue weighted by Gasteiger charge is -2.19. The van der Waals surface area contributed by atoms with Crippen molar-refractivity contribution in [2.45, 2.75) is 40.5 Å². The van der Waals surface area contributed by atoms with Crippen LogP contribution in [0.15, 0.2) is 75.9 Å². The van der Waals surface area contributed by atoms with Gasteiger partial charge in [0.15, 0.2) is 0 Å². The van der Waals surface area contributed by atoms with Crippen LogP contribution in [0.2, 0.25) is 0 Å². The minimum absolute atomic E-state index is 0.243. The van der Waals surface area contributed by atoms with Gasteiger partial charge in [-0.1, -0.05) is 48.0 Å². The molecule has 2 aromatic carbocycles. The van der Waals surface area contributed by atoms with Crippen molar-refractivity contribution in [2.24, 2.45) is 0 Å². The lowest BCUT2D eigenvalue weighted by molar-refractivity contribution is -0.136. The maximum atomic E-state index is 13.7. The van der Waals surface area contributed by atoms with Gasteiger partial charge < -0.3 is 9.30 Å². The average Bonchev–Trinajstić information content (AvgIpc) is 3.24. The summed E-state index contributed by atoms with van der Waals surface area (Å²) in [6.45, 7) is 10.1. The number of nitrogens with zero attached hydrogens (tertiary/aromatic N) is 2. The standard InChI is InChI=1S/C29H29BrN2O3/c1-17(2)21-10-12-24(13-11-21)32-20(5)27(29(34)35-6)26(28(32)33)15-22-14-18(3)31(19(22)4)25-9-7-8-23(30)16-25/h7-17H,1-6H3/b26-15-. The van der Waals surface area contributed by atoms with Crippen molar-refractivity contribution in [3.63, 3.8) is 0 Å². The van der Waals surface area contributed by atoms with Gasteiger partial charge in [-0.05, 0) is 80.3 Å². The largest absolute Gasteiger partial charge is 0.465 e. The molecule has 0 N–H and O–H groups in total. The zero-order valence-electron chi connectivity index (χ0n) is 20.8. The van der Waals surface area contributed by atoms with E-state index < -0.39 is 5.97 Å². The number of methoxy groups -OCH3 is 1. The van der Waals surface area contributed by atoms with Crippen LogP contribution in [0.1, 0.15) is 49.2 Å². The molecule has 6 heteroatoms. The van der Waals surface area contributed by atoms with Gasteiger partial charge in [-0.2, -0.15) is 0 Å². The summed E-state index contributed by atoms with van der Waals surface area (Å²) >= 11 is 3.54. The van der Waals surface area contributed by atoms with Crippen molar-refractivity contribution in [3.8, 4) is 5.69 Å². The van der Waals surface area contributed by atoms with Gasteiger partial charge in [0.25, 0.3) is 5.91 Å². The van der Waals surface area contributed by atoms with Crippen LogP contribution in [0.25, 0.3) is 11.8 Å². The van der Waals surface area contributed by atoms with E-state index in [1.54, 1.807) is 17.9 Å². The second-order valence-electron chi connectivity index (χ2n) is 9.04. The number of hydrogen-bond donors (Lipinski definition) is 0. The number of hydrogen-bond acceptors (Lipinski definition) is 3. The summed E-state index contributed by atoms with van der Waals surface area (Å²) in [6.07, 6.45) is 1.80. The Morgan fingerprint density at radius 1 is 1.00 bits per heavy atom. The Balaban J connectivity index is 1.82. The molecule has 5 nitrogen and oxygen atoms in total. The molecule has 4 rings (SSSR count). The third-order valence-electron chi connectivity index (χ3n) is 6.44. The van der Waals surface area contributed by atoms with Crippen molar-refractivity contribution in [2.75, 3.05) is 12.0 Å². The van der Waals surface area contributed by atoms with E-state index in [9.17, 15) is 9.59 Å². The molecule has 1 aromatic heterocycles. The molecule has 0 fully saturated rings. The number of anilines is 1. The average molecular weight is 533 g/mol. The van der Waals surface area contributed by atoms with Gasteiger partial charge in [0.1, 0.15) is 0 Å². The van der Waals surface area contributed by atoms with E-state index in [-0.39, 0.29) is 11.5 Å². The zero-order valence-corrected chi connectivity index (χ0v) is 22.4. The molecule has 0 spiro atoms. The summed E-state index contributed by atoms with van der Waals surface area (Å²) in [7, 11) is 1.34. The molecule has 0 bridgehead atoms. The van der Waals surface area contributed by atoms with Crippen molar-refractivity contribution in [1.82, 2.24) is 4.57 Å². The van der Waals surface area contributed by atoms with E-state index in [1.165, 1.54) is 12.7 Å². The van der Waals surface area contributed by atoms with Crippen LogP contribution in [-0.2, 0) is 14.3 Å². The molecular weight excluding hydrogens is 504 g/mol. The van der Waals surface area contributed by atoms with E-state index >= 15 is 0 Å². The first-order chi connectivity index (χ1) is 16.6. The van der Waals surface area contributed by atoms with Crippen LogP contribution in [0, 0.1) is 13.8 Å². The lowest BCUT2D eigenvalue weighted by Crippen LogP contribution is -2.24. The first kappa shape index (κ1) is 24.7. The molecule has 0 aliphatic carbocycles. The number of rotatable bonds is 5. The van der Waals surface area contributed by atoms with Crippen molar-refractivity contribution in [1.29, 1.82) is 0 Å². The van der Waals surface area contributed by atoms with Crippen LogP contribution in [0.5, 0.6) is 0 Å². The second-order valence-corrected chi connectivity index (χ2v) is 9.95. The Morgan fingerprint density at radius 2 is 1.69 bits per heavy atom. The molecule has 0 saturated heterocycles. The van der Waals surface area contributed by atoms with Crippen LogP contribution in [-0.4, -0.2) is 23.6 Å². The fourth-order valence-electron chi connectivity index (χ4n) is 4.60. The molecule has 0 radical (unpaired) electrons. The smallest absolute Gasteiger partial charge is 0.340 e. The number of amides is 1. The highest BCUT2D eigenvalue weighted by Crippen LogP contribution is 2.37. The Hall–Kier alpha value is -3.38. The van der Waals surface area contributed by atoms with Gasteiger partial charge in [0, 0.05) is 32.9 Å². The van der Waals surface area contributed by atoms with Crippen molar-refractivity contribution in [3.05, 3.63) is 98.4 Å². The number of esters is 1. The normalized spacial score (nSPS) is 15.0. The molecule has 35 heavy (non-hydrogen) atoms. The van der Waals surface area contributed by atoms with Crippen LogP contribution < -0.4 is 4.90 Å². The molecule has 0 saturated carbocycles. The Morgan fingerprint density at radius 3 is 2.29 bits per heavy atom. The number of ether oxygens (including phenoxy) is 1. The van der Waals surface area contributed by atoms with Gasteiger partial charge in [0.05, 0.1) is 18.3 Å². The minimum atomic E-state index is -0.524. The number of aryl methyl sites for hydroxylation is 1. The fourth-order valence-corrected chi connectivity index (χ4v) is 4.99. The third kappa shape index (κ3) is 4.50. The lowest BCUT2D eigenvalue weighted by atomic mass is 10.0. The van der Waals surface area contributed by atoms with Crippen LogP contribution >= 0.6 is 15.9 Å². The number of benzene rings is 2. The summed E-state index contributed by atoms with van der Waals surface area (Å²) in [6, 6.07) is 18.0. The SMILES string of the molecule is COC(=O)C1=C(C)N(c2ccc(C(C)C)cc2)C(=O)/C1=C\c1cc(C)n(-c2cccc(Br)c2)c1C.